The lowest BCUT2D eigenvalue weighted by Gasteiger charge is -2.05. The molecule has 0 aliphatic rings. The molecule has 2 aromatic carbocycles. The van der Waals surface area contributed by atoms with Gasteiger partial charge < -0.3 is 9.72 Å². The first-order chi connectivity index (χ1) is 12.4. The van der Waals surface area contributed by atoms with Gasteiger partial charge >= 0.3 is 5.97 Å². The molecule has 0 amide bonds. The predicted octanol–water partition coefficient (Wildman–Crippen LogP) is 4.03. The van der Waals surface area contributed by atoms with Crippen molar-refractivity contribution in [2.45, 2.75) is 0 Å². The maximum Gasteiger partial charge on any atom is 0.360 e. The number of aromatic amines is 1. The normalized spacial score (nSPS) is 10.3. The lowest BCUT2D eigenvalue weighted by molar-refractivity contribution is -0.384. The van der Waals surface area contributed by atoms with Crippen LogP contribution < -0.4 is 4.74 Å². The number of halogens is 1. The summed E-state index contributed by atoms with van der Waals surface area (Å²) in [6, 6.07) is 13.6. The van der Waals surface area contributed by atoms with Gasteiger partial charge in [-0.25, -0.2) is 4.79 Å². The molecule has 1 heterocycles. The van der Waals surface area contributed by atoms with Crippen molar-refractivity contribution in [3.63, 3.8) is 0 Å². The molecule has 0 atom stereocenters. The largest absolute Gasteiger partial charge is 0.422 e. The number of hydrogen-bond donors (Lipinski definition) is 1. The average Bonchev–Trinajstić information content (AvgIpc) is 3.13. The summed E-state index contributed by atoms with van der Waals surface area (Å²) in [5, 5.41) is 11.2. The zero-order valence-electron chi connectivity index (χ0n) is 13.1. The molecular formula is C18H11ClN2O5. The monoisotopic (exact) mass is 370 g/mol. The molecule has 1 aromatic heterocycles. The number of esters is 1. The van der Waals surface area contributed by atoms with Crippen molar-refractivity contribution in [1.29, 1.82) is 0 Å². The minimum absolute atomic E-state index is 0.0435. The number of ether oxygens (including phenoxy) is 1. The van der Waals surface area contributed by atoms with E-state index >= 15 is 0 Å². The van der Waals surface area contributed by atoms with Gasteiger partial charge in [-0.15, -0.1) is 0 Å². The summed E-state index contributed by atoms with van der Waals surface area (Å²) in [7, 11) is 0. The Bertz CT molecular complexity index is 978. The molecule has 0 bridgehead atoms. The summed E-state index contributed by atoms with van der Waals surface area (Å²) in [5.74, 6) is -0.755. The highest BCUT2D eigenvalue weighted by atomic mass is 35.5. The second-order valence-corrected chi connectivity index (χ2v) is 5.72. The molecule has 0 aliphatic heterocycles. The van der Waals surface area contributed by atoms with Crippen LogP contribution in [0.1, 0.15) is 26.4 Å². The van der Waals surface area contributed by atoms with Crippen LogP contribution in [0.5, 0.6) is 5.75 Å². The highest BCUT2D eigenvalue weighted by Crippen LogP contribution is 2.19. The van der Waals surface area contributed by atoms with E-state index in [4.69, 9.17) is 16.3 Å². The van der Waals surface area contributed by atoms with Crippen LogP contribution in [0.3, 0.4) is 0 Å². The molecule has 130 valence electrons. The molecule has 0 radical (unpaired) electrons. The van der Waals surface area contributed by atoms with Gasteiger partial charge in [-0.2, -0.15) is 0 Å². The topological polar surface area (TPSA) is 102 Å². The number of hydrogen-bond acceptors (Lipinski definition) is 5. The van der Waals surface area contributed by atoms with Gasteiger partial charge in [-0.1, -0.05) is 11.6 Å². The number of nitro groups is 1. The van der Waals surface area contributed by atoms with Crippen molar-refractivity contribution in [2.75, 3.05) is 0 Å². The standard InChI is InChI=1S/C18H11ClN2O5/c19-13-5-1-11(2-6-13)17(22)12-3-7-15(8-4-12)26-18(23)16-9-14(10-20-16)21(24)25/h1-10,20H. The van der Waals surface area contributed by atoms with Gasteiger partial charge in [-0.05, 0) is 48.5 Å². The molecule has 0 aliphatic carbocycles. The number of carbonyl (C=O) groups is 2. The van der Waals surface area contributed by atoms with Crippen LogP contribution in [-0.4, -0.2) is 21.7 Å². The minimum Gasteiger partial charge on any atom is -0.422 e. The molecule has 0 unspecified atom stereocenters. The first-order valence-electron chi connectivity index (χ1n) is 7.39. The number of benzene rings is 2. The molecule has 26 heavy (non-hydrogen) atoms. The summed E-state index contributed by atoms with van der Waals surface area (Å²) in [5.41, 5.74) is 0.624. The quantitative estimate of drug-likeness (QED) is 0.240. The average molecular weight is 371 g/mol. The molecule has 0 spiro atoms. The smallest absolute Gasteiger partial charge is 0.360 e. The van der Waals surface area contributed by atoms with Crippen molar-refractivity contribution >= 4 is 29.0 Å². The van der Waals surface area contributed by atoms with Crippen LogP contribution in [0.15, 0.2) is 60.8 Å². The third-order valence-corrected chi connectivity index (χ3v) is 3.78. The van der Waals surface area contributed by atoms with Crippen LogP contribution >= 0.6 is 11.6 Å². The van der Waals surface area contributed by atoms with Crippen molar-refractivity contribution in [3.8, 4) is 5.75 Å². The van der Waals surface area contributed by atoms with Gasteiger partial charge in [-0.3, -0.25) is 14.9 Å². The van der Waals surface area contributed by atoms with Crippen LogP contribution in [0.25, 0.3) is 0 Å². The van der Waals surface area contributed by atoms with Crippen LogP contribution in [0.2, 0.25) is 5.02 Å². The molecule has 0 fully saturated rings. The fourth-order valence-corrected chi connectivity index (χ4v) is 2.34. The SMILES string of the molecule is O=C(c1ccc(Cl)cc1)c1ccc(OC(=O)c2cc([N+](=O)[O-])c[nH]2)cc1. The van der Waals surface area contributed by atoms with E-state index in [-0.39, 0.29) is 22.9 Å². The fraction of sp³-hybridized carbons (Fsp3) is 0. The Kier molecular flexibility index (Phi) is 4.81. The Morgan fingerprint density at radius 2 is 1.58 bits per heavy atom. The highest BCUT2D eigenvalue weighted by Gasteiger charge is 2.16. The van der Waals surface area contributed by atoms with E-state index in [2.05, 4.69) is 4.98 Å². The first-order valence-corrected chi connectivity index (χ1v) is 7.77. The number of H-pyrrole nitrogens is 1. The number of nitrogens with zero attached hydrogens (tertiary/aromatic N) is 1. The van der Waals surface area contributed by atoms with Crippen molar-refractivity contribution in [1.82, 2.24) is 4.98 Å². The Balaban J connectivity index is 1.70. The maximum atomic E-state index is 12.4. The third kappa shape index (κ3) is 3.79. The van der Waals surface area contributed by atoms with Crippen LogP contribution in [0, 0.1) is 10.1 Å². The molecule has 3 rings (SSSR count). The molecular weight excluding hydrogens is 360 g/mol. The Morgan fingerprint density at radius 1 is 1.00 bits per heavy atom. The van der Waals surface area contributed by atoms with E-state index in [1.54, 1.807) is 24.3 Å². The van der Waals surface area contributed by atoms with Gasteiger partial charge in [0.1, 0.15) is 11.4 Å². The lowest BCUT2D eigenvalue weighted by Crippen LogP contribution is -2.09. The summed E-state index contributed by atoms with van der Waals surface area (Å²) in [4.78, 5) is 36.8. The van der Waals surface area contributed by atoms with E-state index in [0.29, 0.717) is 16.1 Å². The maximum absolute atomic E-state index is 12.4. The molecule has 8 heteroatoms. The Hall–Kier alpha value is -3.45. The molecule has 1 N–H and O–H groups in total. The summed E-state index contributed by atoms with van der Waals surface area (Å²) in [6.45, 7) is 0. The van der Waals surface area contributed by atoms with Crippen molar-refractivity contribution < 1.29 is 19.2 Å². The van der Waals surface area contributed by atoms with Crippen LogP contribution in [0.4, 0.5) is 5.69 Å². The van der Waals surface area contributed by atoms with Crippen molar-refractivity contribution in [2.24, 2.45) is 0 Å². The second kappa shape index (κ2) is 7.20. The Labute approximate surface area is 152 Å². The van der Waals surface area contributed by atoms with Crippen LogP contribution in [-0.2, 0) is 0 Å². The van der Waals surface area contributed by atoms with E-state index in [1.807, 2.05) is 0 Å². The highest BCUT2D eigenvalue weighted by molar-refractivity contribution is 6.30. The number of carbonyl (C=O) groups excluding carboxylic acids is 2. The summed E-state index contributed by atoms with van der Waals surface area (Å²) >= 11 is 5.80. The van der Waals surface area contributed by atoms with Crippen molar-refractivity contribution in [3.05, 3.63) is 92.8 Å². The molecule has 3 aromatic rings. The lowest BCUT2D eigenvalue weighted by atomic mass is 10.0. The summed E-state index contributed by atoms with van der Waals surface area (Å²) in [6.07, 6.45) is 1.10. The molecule has 0 saturated heterocycles. The van der Waals surface area contributed by atoms with E-state index in [1.165, 1.54) is 24.3 Å². The second-order valence-electron chi connectivity index (χ2n) is 5.28. The predicted molar refractivity (Wildman–Crippen MR) is 93.7 cm³/mol. The number of nitrogens with one attached hydrogen (secondary N) is 1. The number of ketones is 1. The molecule has 7 nitrogen and oxygen atoms in total. The number of aromatic nitrogens is 1. The van der Waals surface area contributed by atoms with Gasteiger partial charge in [0.05, 0.1) is 11.1 Å². The third-order valence-electron chi connectivity index (χ3n) is 3.53. The van der Waals surface area contributed by atoms with E-state index in [0.717, 1.165) is 12.3 Å². The summed E-state index contributed by atoms with van der Waals surface area (Å²) < 4.78 is 5.13. The fourth-order valence-electron chi connectivity index (χ4n) is 2.21. The van der Waals surface area contributed by atoms with Gasteiger partial charge in [0, 0.05) is 22.2 Å². The zero-order chi connectivity index (χ0) is 18.7. The van der Waals surface area contributed by atoms with E-state index < -0.39 is 10.9 Å². The zero-order valence-corrected chi connectivity index (χ0v) is 13.9. The minimum atomic E-state index is -0.769. The Morgan fingerprint density at radius 3 is 2.12 bits per heavy atom. The molecule has 0 saturated carbocycles. The van der Waals surface area contributed by atoms with E-state index in [9.17, 15) is 19.7 Å². The van der Waals surface area contributed by atoms with Gasteiger partial charge in [0.15, 0.2) is 5.78 Å². The first kappa shape index (κ1) is 17.4. The van der Waals surface area contributed by atoms with Gasteiger partial charge in [0.2, 0.25) is 0 Å². The van der Waals surface area contributed by atoms with Gasteiger partial charge in [0.25, 0.3) is 5.69 Å². The number of rotatable bonds is 5.